The van der Waals surface area contributed by atoms with Crippen molar-refractivity contribution in [2.75, 3.05) is 26.2 Å². The second kappa shape index (κ2) is 11.1. The molecule has 1 aromatic rings. The molecule has 0 radical (unpaired) electrons. The summed E-state index contributed by atoms with van der Waals surface area (Å²) in [5, 5.41) is 10.9. The van der Waals surface area contributed by atoms with Gasteiger partial charge in [0.2, 0.25) is 0 Å². The highest BCUT2D eigenvalue weighted by Crippen LogP contribution is 2.68. The Labute approximate surface area is 201 Å². The molecular weight excluding hydrogens is 412 g/mol. The average molecular weight is 460 g/mol. The molecule has 2 fully saturated rings. The van der Waals surface area contributed by atoms with Crippen LogP contribution in [-0.2, 0) is 4.74 Å². The number of benzene rings is 1. The van der Waals surface area contributed by atoms with E-state index in [0.29, 0.717) is 18.4 Å². The lowest BCUT2D eigenvalue weighted by molar-refractivity contribution is -0.386. The fourth-order valence-electron chi connectivity index (χ4n) is 6.40. The quantitative estimate of drug-likeness (QED) is 0.260. The predicted molar refractivity (Wildman–Crippen MR) is 135 cm³/mol. The standard InChI is InChI=1S/C28H46N2O3/c1-7-10-11-14-19-32-24-16-13-12-15-23(24)29-26(31)33-25-21(20-30(8-2)9-3)22-17-18-28(25,6)27(22,4)5/h12-13,15-16,21-22,25H,7-11,14,17-20H2,1-6H3,(H,29,31)/p+1/t21-,22+,25-,28-/m1/s1. The van der Waals surface area contributed by atoms with Gasteiger partial charge in [-0.1, -0.05) is 72.9 Å². The molecule has 0 saturated heterocycles. The zero-order valence-electron chi connectivity index (χ0n) is 21.8. The number of hydrogen-bond donors (Lipinski definition) is 2. The molecule has 2 aliphatic rings. The van der Waals surface area contributed by atoms with Gasteiger partial charge in [0.15, 0.2) is 5.75 Å². The van der Waals surface area contributed by atoms with Crippen molar-refractivity contribution in [3.63, 3.8) is 0 Å². The van der Waals surface area contributed by atoms with Crippen LogP contribution < -0.4 is 9.73 Å². The molecule has 5 heteroatoms. The Kier molecular flexibility index (Phi) is 8.71. The Morgan fingerprint density at radius 3 is 2.52 bits per heavy atom. The van der Waals surface area contributed by atoms with Crippen molar-refractivity contribution in [1.29, 1.82) is 0 Å². The van der Waals surface area contributed by atoms with E-state index in [1.807, 2.05) is 24.3 Å². The molecule has 0 unspecified atom stereocenters. The molecule has 2 aliphatic carbocycles. The third kappa shape index (κ3) is 5.34. The maximum Gasteiger partial charge on any atom is 0.551 e. The van der Waals surface area contributed by atoms with Crippen LogP contribution in [0.5, 0.6) is 5.75 Å². The van der Waals surface area contributed by atoms with Crippen LogP contribution in [0.1, 0.15) is 80.1 Å². The summed E-state index contributed by atoms with van der Waals surface area (Å²) >= 11 is 0. The van der Waals surface area contributed by atoms with E-state index in [0.717, 1.165) is 43.9 Å². The number of fused-ring (bicyclic) bond motifs is 2. The molecule has 2 N–H and O–H groups in total. The molecule has 0 aromatic heterocycles. The highest BCUT2D eigenvalue weighted by Gasteiger charge is 2.67. The summed E-state index contributed by atoms with van der Waals surface area (Å²) in [5.74, 6) is 1.77. The number of para-hydroxylation sites is 2. The minimum Gasteiger partial charge on any atom is -0.487 e. The summed E-state index contributed by atoms with van der Waals surface area (Å²) in [6.07, 6.45) is 6.93. The van der Waals surface area contributed by atoms with Crippen molar-refractivity contribution in [1.82, 2.24) is 4.90 Å². The number of rotatable bonds is 12. The molecule has 5 nitrogen and oxygen atoms in total. The highest BCUT2D eigenvalue weighted by atomic mass is 16.6. The van der Waals surface area contributed by atoms with E-state index in [1.165, 1.54) is 25.7 Å². The van der Waals surface area contributed by atoms with Gasteiger partial charge in [0, 0.05) is 23.9 Å². The van der Waals surface area contributed by atoms with E-state index in [2.05, 4.69) is 51.4 Å². The minimum absolute atomic E-state index is 0.0125. The smallest absolute Gasteiger partial charge is 0.487 e. The van der Waals surface area contributed by atoms with Gasteiger partial charge in [0.1, 0.15) is 6.10 Å². The van der Waals surface area contributed by atoms with Crippen molar-refractivity contribution in [3.8, 4) is 5.75 Å². The van der Waals surface area contributed by atoms with Crippen molar-refractivity contribution in [2.24, 2.45) is 22.7 Å². The molecule has 0 spiro atoms. The maximum absolute atomic E-state index is 10.9. The first-order valence-electron chi connectivity index (χ1n) is 13.2. The molecule has 186 valence electrons. The van der Waals surface area contributed by atoms with Gasteiger partial charge in [-0.2, -0.15) is 0 Å². The first kappa shape index (κ1) is 25.9. The molecule has 1 aromatic carbocycles. The summed E-state index contributed by atoms with van der Waals surface area (Å²) in [5.41, 5.74) is 0.980. The SMILES string of the molecule is CCCCCCOc1ccccc1[NH+]=C(O)O[C@@H]1[C@H](CN(CC)CC)[C@@H]2CC[C@@]1(C)C2(C)C. The number of unbranched alkanes of at least 4 members (excludes halogenated alkanes) is 3. The van der Waals surface area contributed by atoms with Gasteiger partial charge in [-0.15, -0.1) is 4.99 Å². The van der Waals surface area contributed by atoms with Crippen molar-refractivity contribution >= 4 is 11.8 Å². The van der Waals surface area contributed by atoms with Crippen molar-refractivity contribution < 1.29 is 19.6 Å². The summed E-state index contributed by atoms with van der Waals surface area (Å²) in [4.78, 5) is 5.60. The predicted octanol–water partition coefficient (Wildman–Crippen LogP) is 5.07. The van der Waals surface area contributed by atoms with Crippen LogP contribution in [0.2, 0.25) is 0 Å². The third-order valence-corrected chi connectivity index (χ3v) is 8.89. The second-order valence-corrected chi connectivity index (χ2v) is 10.8. The van der Waals surface area contributed by atoms with E-state index >= 15 is 0 Å². The fourth-order valence-corrected chi connectivity index (χ4v) is 6.40. The van der Waals surface area contributed by atoms with Crippen molar-refractivity contribution in [3.05, 3.63) is 24.3 Å². The van der Waals surface area contributed by atoms with Gasteiger partial charge in [-0.05, 0) is 49.8 Å². The number of ether oxygens (including phenoxy) is 2. The van der Waals surface area contributed by atoms with Gasteiger partial charge in [-0.3, -0.25) is 0 Å². The maximum atomic E-state index is 10.9. The largest absolute Gasteiger partial charge is 0.551 e. The lowest BCUT2D eigenvalue weighted by Gasteiger charge is -2.39. The van der Waals surface area contributed by atoms with Crippen LogP contribution in [0, 0.1) is 22.7 Å². The second-order valence-electron chi connectivity index (χ2n) is 10.8. The van der Waals surface area contributed by atoms with Crippen LogP contribution in [0.4, 0.5) is 5.69 Å². The summed E-state index contributed by atoms with van der Waals surface area (Å²) in [7, 11) is 0. The molecule has 3 rings (SSSR count). The molecule has 33 heavy (non-hydrogen) atoms. The van der Waals surface area contributed by atoms with E-state index in [9.17, 15) is 5.11 Å². The first-order valence-corrected chi connectivity index (χ1v) is 13.2. The fraction of sp³-hybridized carbons (Fsp3) is 0.750. The van der Waals surface area contributed by atoms with Gasteiger partial charge in [0.05, 0.1) is 6.61 Å². The molecule has 2 bridgehead atoms. The van der Waals surface area contributed by atoms with E-state index in [4.69, 9.17) is 9.47 Å². The zero-order chi connectivity index (χ0) is 24.1. The van der Waals surface area contributed by atoms with Crippen LogP contribution >= 0.6 is 0 Å². The molecule has 0 aliphatic heterocycles. The number of aliphatic hydroxyl groups excluding tert-OH is 1. The minimum atomic E-state index is -0.115. The van der Waals surface area contributed by atoms with Crippen LogP contribution in [-0.4, -0.2) is 48.4 Å². The van der Waals surface area contributed by atoms with E-state index in [1.54, 1.807) is 0 Å². The molecule has 4 atom stereocenters. The van der Waals surface area contributed by atoms with Crippen LogP contribution in [0.3, 0.4) is 0 Å². The van der Waals surface area contributed by atoms with Crippen LogP contribution in [0.25, 0.3) is 0 Å². The van der Waals surface area contributed by atoms with E-state index < -0.39 is 0 Å². The van der Waals surface area contributed by atoms with Gasteiger partial charge in [-0.25, -0.2) is 0 Å². The Hall–Kier alpha value is -1.75. The first-order chi connectivity index (χ1) is 15.8. The van der Waals surface area contributed by atoms with Gasteiger partial charge < -0.3 is 19.5 Å². The average Bonchev–Trinajstić information content (AvgIpc) is 3.11. The Morgan fingerprint density at radius 2 is 1.82 bits per heavy atom. The molecule has 0 heterocycles. The summed E-state index contributed by atoms with van der Waals surface area (Å²) in [6.45, 7) is 17.6. The Balaban J connectivity index is 1.76. The molecule has 0 amide bonds. The monoisotopic (exact) mass is 459 g/mol. The zero-order valence-corrected chi connectivity index (χ0v) is 21.8. The number of nitrogens with zero attached hydrogens (tertiary/aromatic N) is 1. The number of hydrogen-bond acceptors (Lipinski definition) is 3. The number of aliphatic hydroxyl groups is 1. The normalized spacial score (nSPS) is 28.5. The lowest BCUT2D eigenvalue weighted by Crippen LogP contribution is -2.68. The van der Waals surface area contributed by atoms with Crippen LogP contribution in [0.15, 0.2) is 24.3 Å². The summed E-state index contributed by atoms with van der Waals surface area (Å²) < 4.78 is 12.4. The summed E-state index contributed by atoms with van der Waals surface area (Å²) in [6, 6.07) is 7.79. The Bertz CT molecular complexity index is 789. The Morgan fingerprint density at radius 1 is 1.09 bits per heavy atom. The lowest BCUT2D eigenvalue weighted by atomic mass is 9.70. The highest BCUT2D eigenvalue weighted by molar-refractivity contribution is 5.60. The third-order valence-electron chi connectivity index (χ3n) is 8.89. The van der Waals surface area contributed by atoms with Gasteiger partial charge in [0.25, 0.3) is 5.69 Å². The topological polar surface area (TPSA) is 55.9 Å². The molecule has 2 saturated carbocycles. The van der Waals surface area contributed by atoms with Crippen molar-refractivity contribution in [2.45, 2.75) is 86.2 Å². The number of nitrogens with one attached hydrogen (secondary N) is 1. The van der Waals surface area contributed by atoms with Gasteiger partial charge >= 0.3 is 6.08 Å². The van der Waals surface area contributed by atoms with E-state index in [-0.39, 0.29) is 23.0 Å². The molecular formula is C28H47N2O3+.